The zero-order valence-electron chi connectivity index (χ0n) is 19.6. The van der Waals surface area contributed by atoms with E-state index in [4.69, 9.17) is 0 Å². The average Bonchev–Trinajstić information content (AvgIpc) is 3.45. The molecular weight excluding hydrogens is 493 g/mol. The van der Waals surface area contributed by atoms with E-state index < -0.39 is 23.3 Å². The van der Waals surface area contributed by atoms with Gasteiger partial charge in [0, 0.05) is 31.0 Å². The summed E-state index contributed by atoms with van der Waals surface area (Å²) >= 11 is 2.51. The number of nitrogens with zero attached hydrogens (tertiary/aromatic N) is 6. The van der Waals surface area contributed by atoms with Crippen LogP contribution >= 0.6 is 23.5 Å². The Morgan fingerprint density at radius 3 is 2.76 bits per heavy atom. The first-order valence-corrected chi connectivity index (χ1v) is 12.5. The number of nitrogens with one attached hydrogen (secondary N) is 1. The molecule has 0 unspecified atom stereocenters. The Morgan fingerprint density at radius 2 is 2.12 bits per heavy atom. The molecule has 2 saturated heterocycles. The normalized spacial score (nSPS) is 25.3. The van der Waals surface area contributed by atoms with Gasteiger partial charge in [0.25, 0.3) is 5.91 Å². The Hall–Kier alpha value is -1.87. The number of tetrazole rings is 1. The summed E-state index contributed by atoms with van der Waals surface area (Å²) in [4.78, 5) is 52.9. The van der Waals surface area contributed by atoms with E-state index in [-0.39, 0.29) is 54.2 Å². The van der Waals surface area contributed by atoms with Crippen molar-refractivity contribution in [2.75, 3.05) is 18.1 Å². The number of aryl methyl sites for hydroxylation is 1. The van der Waals surface area contributed by atoms with Crippen LogP contribution < -0.4 is 34.9 Å². The van der Waals surface area contributed by atoms with Gasteiger partial charge in [0.05, 0.1) is 5.75 Å². The monoisotopic (exact) mass is 515 g/mol. The molecule has 12 nitrogen and oxygen atoms in total. The minimum atomic E-state index is -1.22. The zero-order valence-corrected chi connectivity index (χ0v) is 22.3. The fourth-order valence-electron chi connectivity index (χ4n) is 4.16. The molecule has 5 rings (SSSR count). The number of likely N-dealkylation sites (tertiary alicyclic amines) is 1. The third-order valence-electron chi connectivity index (χ3n) is 5.92. The molecule has 0 aromatic carbocycles. The number of hydrogen-bond donors (Lipinski definition) is 2. The van der Waals surface area contributed by atoms with Crippen LogP contribution in [0.5, 0.6) is 0 Å². The number of carboxylic acids is 1. The molecule has 34 heavy (non-hydrogen) atoms. The zero-order chi connectivity index (χ0) is 23.3. The van der Waals surface area contributed by atoms with Gasteiger partial charge in [-0.1, -0.05) is 11.8 Å². The Balaban J connectivity index is 0.00000171. The third-order valence-corrected chi connectivity index (χ3v) is 8.24. The molecule has 3 aliphatic heterocycles. The number of aliphatic carboxylic acids is 1. The van der Waals surface area contributed by atoms with Gasteiger partial charge in [-0.15, -0.1) is 16.9 Å². The van der Waals surface area contributed by atoms with Crippen LogP contribution in [0.4, 0.5) is 0 Å². The number of hydrogen-bond acceptors (Lipinski definition) is 9. The first-order chi connectivity index (χ1) is 15.8. The van der Waals surface area contributed by atoms with Crippen molar-refractivity contribution < 1.29 is 55.3 Å². The van der Waals surface area contributed by atoms with Crippen molar-refractivity contribution in [3.63, 3.8) is 0 Å². The van der Waals surface area contributed by atoms with Crippen molar-refractivity contribution in [3.05, 3.63) is 22.9 Å². The summed E-state index contributed by atoms with van der Waals surface area (Å²) in [6.45, 7) is 0.653. The second-order valence-corrected chi connectivity index (χ2v) is 10.2. The van der Waals surface area contributed by atoms with Crippen LogP contribution in [-0.4, -0.2) is 94.3 Å². The predicted octanol–water partition coefficient (Wildman–Crippen LogP) is -3.52. The van der Waals surface area contributed by atoms with Crippen LogP contribution in [0.25, 0.3) is 0 Å². The molecule has 15 heteroatoms. The van der Waals surface area contributed by atoms with Gasteiger partial charge in [0.15, 0.2) is 0 Å². The second-order valence-electron chi connectivity index (χ2n) is 8.16. The van der Waals surface area contributed by atoms with Gasteiger partial charge in [-0.25, -0.2) is 9.48 Å². The topological polar surface area (TPSA) is 151 Å². The molecule has 0 spiro atoms. The van der Waals surface area contributed by atoms with Crippen molar-refractivity contribution in [1.82, 2.24) is 35.3 Å². The SMILES string of the molecule is Cn1nnnc1SCC(=O)N[C@@H]1C(=O)N2C(C(=O)O)=C(/C=C3\CCN(C4CC4)C3=O)CS[C@H]12.[H-].[Na+]. The number of carboxylic acid groups (broad SMARTS) is 1. The maximum absolute atomic E-state index is 12.8. The molecular formula is C19H22N7NaO5S2. The summed E-state index contributed by atoms with van der Waals surface area (Å²) in [7, 11) is 1.65. The molecule has 0 bridgehead atoms. The van der Waals surface area contributed by atoms with E-state index in [0.29, 0.717) is 41.1 Å². The molecule has 3 fully saturated rings. The Morgan fingerprint density at radius 1 is 1.35 bits per heavy atom. The largest absolute Gasteiger partial charge is 1.00 e. The summed E-state index contributed by atoms with van der Waals surface area (Å²) in [5, 5.41) is 23.4. The van der Waals surface area contributed by atoms with Gasteiger partial charge in [0.1, 0.15) is 17.1 Å². The van der Waals surface area contributed by atoms with Crippen molar-refractivity contribution in [3.8, 4) is 0 Å². The van der Waals surface area contributed by atoms with Crippen molar-refractivity contribution in [2.24, 2.45) is 7.05 Å². The smallest absolute Gasteiger partial charge is 1.00 e. The van der Waals surface area contributed by atoms with E-state index in [1.54, 1.807) is 13.1 Å². The Labute approximate surface area is 226 Å². The summed E-state index contributed by atoms with van der Waals surface area (Å²) in [5.74, 6) is -1.75. The summed E-state index contributed by atoms with van der Waals surface area (Å²) in [6.07, 6.45) is 4.25. The average molecular weight is 516 g/mol. The van der Waals surface area contributed by atoms with Crippen LogP contribution in [0, 0.1) is 0 Å². The van der Waals surface area contributed by atoms with Gasteiger partial charge >= 0.3 is 35.5 Å². The minimum absolute atomic E-state index is 0. The quantitative estimate of drug-likeness (QED) is 0.162. The molecule has 4 aliphatic rings. The fraction of sp³-hybridized carbons (Fsp3) is 0.526. The predicted molar refractivity (Wildman–Crippen MR) is 118 cm³/mol. The third kappa shape index (κ3) is 4.65. The van der Waals surface area contributed by atoms with Gasteiger partial charge < -0.3 is 16.7 Å². The molecule has 3 amide bonds. The molecule has 1 aromatic rings. The van der Waals surface area contributed by atoms with E-state index in [0.717, 1.165) is 24.6 Å². The summed E-state index contributed by atoms with van der Waals surface area (Å²) in [5.41, 5.74) is 0.926. The van der Waals surface area contributed by atoms with Crippen LogP contribution in [0.15, 0.2) is 28.1 Å². The second kappa shape index (κ2) is 10.0. The van der Waals surface area contributed by atoms with Crippen molar-refractivity contribution in [1.29, 1.82) is 0 Å². The van der Waals surface area contributed by atoms with E-state index in [1.165, 1.54) is 21.3 Å². The Bertz CT molecular complexity index is 1120. The molecule has 4 heterocycles. The number of thioether (sulfide) groups is 2. The van der Waals surface area contributed by atoms with Gasteiger partial charge in [-0.05, 0) is 41.3 Å². The van der Waals surface area contributed by atoms with Crippen LogP contribution in [-0.2, 0) is 26.2 Å². The standard InChI is InChI=1S/C19H21N7O5S2.Na.H/c1-24-19(21-22-23-24)33-8-12(27)20-13-16(29)26-14(18(30)31)10(7-32-17(13)26)6-9-4-5-25(15(9)28)11-2-3-11;;/h6,11,13,17H,2-5,7-8H2,1H3,(H,20,27)(H,30,31);;/q;+1;-1/b9-6+;;/t13-,17-;;/m1../s1. The maximum atomic E-state index is 12.8. The number of carbonyl (C=O) groups excluding carboxylic acids is 3. The summed E-state index contributed by atoms with van der Waals surface area (Å²) < 4.78 is 1.43. The number of allylic oxidation sites excluding steroid dienone is 1. The number of aromatic nitrogens is 4. The molecule has 1 aromatic heterocycles. The summed E-state index contributed by atoms with van der Waals surface area (Å²) in [6, 6.07) is -0.492. The minimum Gasteiger partial charge on any atom is -1.00 e. The van der Waals surface area contributed by atoms with E-state index >= 15 is 0 Å². The molecule has 0 radical (unpaired) electrons. The maximum Gasteiger partial charge on any atom is 1.00 e. The molecule has 176 valence electrons. The Kier molecular flexibility index (Phi) is 7.43. The van der Waals surface area contributed by atoms with Crippen molar-refractivity contribution in [2.45, 2.75) is 41.9 Å². The molecule has 1 saturated carbocycles. The number of amides is 3. The van der Waals surface area contributed by atoms with Gasteiger partial charge in [-0.2, -0.15) is 0 Å². The number of β-lactam (4-membered cyclic amide) rings is 1. The van der Waals surface area contributed by atoms with Crippen LogP contribution in [0.3, 0.4) is 0 Å². The van der Waals surface area contributed by atoms with Crippen molar-refractivity contribution >= 4 is 47.2 Å². The molecule has 2 N–H and O–H groups in total. The van der Waals surface area contributed by atoms with Gasteiger partial charge in [0.2, 0.25) is 17.0 Å². The number of rotatable bonds is 7. The van der Waals surface area contributed by atoms with Crippen LogP contribution in [0.1, 0.15) is 20.7 Å². The molecule has 2 atom stereocenters. The fourth-order valence-corrected chi connectivity index (χ4v) is 6.12. The van der Waals surface area contributed by atoms with E-state index in [2.05, 4.69) is 20.8 Å². The van der Waals surface area contributed by atoms with Gasteiger partial charge in [-0.3, -0.25) is 19.3 Å². The first-order valence-electron chi connectivity index (χ1n) is 10.4. The van der Waals surface area contributed by atoms with E-state index in [9.17, 15) is 24.3 Å². The number of carbonyl (C=O) groups is 4. The molecule has 1 aliphatic carbocycles. The van der Waals surface area contributed by atoms with E-state index in [1.807, 2.05) is 4.90 Å². The number of fused-ring (bicyclic) bond motifs is 1. The van der Waals surface area contributed by atoms with Crippen LogP contribution in [0.2, 0.25) is 0 Å². The first kappa shape index (κ1) is 25.2.